The molecule has 1 aliphatic rings. The molecule has 0 aliphatic carbocycles. The third kappa shape index (κ3) is 3.22. The lowest BCUT2D eigenvalue weighted by Crippen LogP contribution is -2.48. The lowest BCUT2D eigenvalue weighted by molar-refractivity contribution is -0.128. The number of hydrogen-bond acceptors (Lipinski definition) is 4. The number of ether oxygens (including phenoxy) is 1. The molecule has 5 nitrogen and oxygen atoms in total. The minimum Gasteiger partial charge on any atom is -0.478 e. The summed E-state index contributed by atoms with van der Waals surface area (Å²) in [4.78, 5) is 25.7. The average Bonchev–Trinajstić information content (AvgIpc) is 2.52. The first-order valence-corrected chi connectivity index (χ1v) is 7.55. The van der Waals surface area contributed by atoms with E-state index in [1.54, 1.807) is 30.3 Å². The number of halogens is 1. The van der Waals surface area contributed by atoms with Gasteiger partial charge in [0.05, 0.1) is 12.2 Å². The van der Waals surface area contributed by atoms with Crippen molar-refractivity contribution >= 4 is 23.1 Å². The molecule has 3 rings (SSSR count). The zero-order valence-electron chi connectivity index (χ0n) is 13.2. The Morgan fingerprint density at radius 1 is 1.29 bits per heavy atom. The van der Waals surface area contributed by atoms with Gasteiger partial charge in [-0.15, -0.1) is 0 Å². The summed E-state index contributed by atoms with van der Waals surface area (Å²) in [5, 5.41) is 0. The summed E-state index contributed by atoms with van der Waals surface area (Å²) in [6.45, 7) is 1.36. The number of nitrogens with two attached hydrogens (primary N) is 1. The molecule has 0 radical (unpaired) electrons. The van der Waals surface area contributed by atoms with E-state index in [4.69, 9.17) is 10.5 Å². The second-order valence-corrected chi connectivity index (χ2v) is 5.79. The largest absolute Gasteiger partial charge is 0.478 e. The van der Waals surface area contributed by atoms with E-state index >= 15 is 0 Å². The first-order chi connectivity index (χ1) is 11.4. The standard InChI is InChI=1S/C18H17FN2O3/c1-11(22)10-21-15-9-14(20)5-6-16(15)24-17(18(21)23)8-12-3-2-4-13(19)7-12/h2-7,9,17H,8,10,20H2,1H3. The summed E-state index contributed by atoms with van der Waals surface area (Å²) in [5.41, 5.74) is 7.38. The molecular weight excluding hydrogens is 311 g/mol. The maximum Gasteiger partial charge on any atom is 0.268 e. The maximum atomic E-state index is 13.4. The molecule has 2 aromatic carbocycles. The Hall–Kier alpha value is -2.89. The van der Waals surface area contributed by atoms with Crippen molar-refractivity contribution in [3.05, 3.63) is 53.8 Å². The molecule has 1 heterocycles. The maximum absolute atomic E-state index is 13.4. The summed E-state index contributed by atoms with van der Waals surface area (Å²) in [5.74, 6) is -0.383. The Bertz CT molecular complexity index is 807. The summed E-state index contributed by atoms with van der Waals surface area (Å²) < 4.78 is 19.1. The molecule has 1 atom stereocenters. The number of anilines is 2. The zero-order chi connectivity index (χ0) is 17.3. The first-order valence-electron chi connectivity index (χ1n) is 7.55. The zero-order valence-corrected chi connectivity index (χ0v) is 13.2. The molecule has 24 heavy (non-hydrogen) atoms. The van der Waals surface area contributed by atoms with E-state index in [0.717, 1.165) is 0 Å². The topological polar surface area (TPSA) is 72.6 Å². The van der Waals surface area contributed by atoms with E-state index in [0.29, 0.717) is 22.7 Å². The number of Topliss-reactive ketones (excluding diaryl/α,β-unsaturated/α-hetero) is 1. The summed E-state index contributed by atoms with van der Waals surface area (Å²) in [6, 6.07) is 11.0. The van der Waals surface area contributed by atoms with Gasteiger partial charge in [-0.05, 0) is 42.8 Å². The van der Waals surface area contributed by atoms with Crippen LogP contribution in [-0.4, -0.2) is 24.3 Å². The van der Waals surface area contributed by atoms with E-state index < -0.39 is 6.10 Å². The number of nitrogen functional groups attached to an aromatic ring is 1. The molecule has 2 aromatic rings. The summed E-state index contributed by atoms with van der Waals surface area (Å²) in [6.07, 6.45) is -0.600. The van der Waals surface area contributed by atoms with Crippen LogP contribution >= 0.6 is 0 Å². The molecule has 0 saturated carbocycles. The van der Waals surface area contributed by atoms with Gasteiger partial charge in [-0.1, -0.05) is 12.1 Å². The Morgan fingerprint density at radius 2 is 2.08 bits per heavy atom. The lowest BCUT2D eigenvalue weighted by atomic mass is 10.0. The number of carbonyl (C=O) groups is 2. The quantitative estimate of drug-likeness (QED) is 0.874. The molecule has 124 valence electrons. The van der Waals surface area contributed by atoms with Crippen molar-refractivity contribution in [1.29, 1.82) is 0 Å². The smallest absolute Gasteiger partial charge is 0.268 e. The van der Waals surface area contributed by atoms with Crippen molar-refractivity contribution < 1.29 is 18.7 Å². The number of nitrogens with zero attached hydrogens (tertiary/aromatic N) is 1. The van der Waals surface area contributed by atoms with E-state index in [1.807, 2.05) is 0 Å². The van der Waals surface area contributed by atoms with E-state index in [-0.39, 0.29) is 30.5 Å². The minimum atomic E-state index is -0.817. The van der Waals surface area contributed by atoms with Crippen LogP contribution < -0.4 is 15.4 Å². The van der Waals surface area contributed by atoms with Crippen LogP contribution in [0.5, 0.6) is 5.75 Å². The summed E-state index contributed by atoms with van der Waals surface area (Å²) >= 11 is 0. The van der Waals surface area contributed by atoms with Crippen molar-refractivity contribution in [1.82, 2.24) is 0 Å². The van der Waals surface area contributed by atoms with Gasteiger partial charge < -0.3 is 10.5 Å². The predicted molar refractivity (Wildman–Crippen MR) is 88.4 cm³/mol. The highest BCUT2D eigenvalue weighted by Gasteiger charge is 2.35. The van der Waals surface area contributed by atoms with Crippen LogP contribution in [0.4, 0.5) is 15.8 Å². The van der Waals surface area contributed by atoms with Gasteiger partial charge in [0.1, 0.15) is 17.3 Å². The Balaban J connectivity index is 1.94. The fourth-order valence-corrected chi connectivity index (χ4v) is 2.73. The van der Waals surface area contributed by atoms with Crippen LogP contribution in [-0.2, 0) is 16.0 Å². The van der Waals surface area contributed by atoms with Crippen LogP contribution in [0.2, 0.25) is 0 Å². The highest BCUT2D eigenvalue weighted by atomic mass is 19.1. The van der Waals surface area contributed by atoms with Gasteiger partial charge >= 0.3 is 0 Å². The van der Waals surface area contributed by atoms with Gasteiger partial charge in [-0.3, -0.25) is 14.5 Å². The second kappa shape index (κ2) is 6.31. The lowest BCUT2D eigenvalue weighted by Gasteiger charge is -2.34. The van der Waals surface area contributed by atoms with Crippen molar-refractivity contribution in [2.45, 2.75) is 19.4 Å². The number of rotatable bonds is 4. The monoisotopic (exact) mass is 328 g/mol. The normalized spacial score (nSPS) is 16.5. The van der Waals surface area contributed by atoms with Gasteiger partial charge in [0.15, 0.2) is 6.10 Å². The number of benzene rings is 2. The highest BCUT2D eigenvalue weighted by molar-refractivity contribution is 6.04. The fraction of sp³-hybridized carbons (Fsp3) is 0.222. The Morgan fingerprint density at radius 3 is 2.79 bits per heavy atom. The minimum absolute atomic E-state index is 0.0572. The van der Waals surface area contributed by atoms with Gasteiger partial charge in [-0.2, -0.15) is 0 Å². The third-order valence-corrected chi connectivity index (χ3v) is 3.78. The predicted octanol–water partition coefficient (Wildman–Crippen LogP) is 2.33. The number of amides is 1. The molecule has 0 spiro atoms. The van der Waals surface area contributed by atoms with Crippen molar-refractivity contribution in [3.8, 4) is 5.75 Å². The van der Waals surface area contributed by atoms with Crippen LogP contribution in [0, 0.1) is 5.82 Å². The van der Waals surface area contributed by atoms with Crippen LogP contribution in [0.1, 0.15) is 12.5 Å². The SMILES string of the molecule is CC(=O)CN1C(=O)C(Cc2cccc(F)c2)Oc2ccc(N)cc21. The van der Waals surface area contributed by atoms with Crippen LogP contribution in [0.25, 0.3) is 0 Å². The van der Waals surface area contributed by atoms with E-state index in [2.05, 4.69) is 0 Å². The van der Waals surface area contributed by atoms with Crippen molar-refractivity contribution in [3.63, 3.8) is 0 Å². The average molecular weight is 328 g/mol. The molecule has 1 amide bonds. The molecule has 2 N–H and O–H groups in total. The molecule has 0 fully saturated rings. The molecule has 0 saturated heterocycles. The van der Waals surface area contributed by atoms with Gasteiger partial charge in [0.25, 0.3) is 5.91 Å². The molecule has 0 bridgehead atoms. The molecule has 1 aliphatic heterocycles. The van der Waals surface area contributed by atoms with E-state index in [1.165, 1.54) is 24.0 Å². The van der Waals surface area contributed by atoms with Crippen LogP contribution in [0.15, 0.2) is 42.5 Å². The molecule has 0 aromatic heterocycles. The number of carbonyl (C=O) groups excluding carboxylic acids is 2. The van der Waals surface area contributed by atoms with Crippen molar-refractivity contribution in [2.24, 2.45) is 0 Å². The van der Waals surface area contributed by atoms with Gasteiger partial charge in [-0.25, -0.2) is 4.39 Å². The van der Waals surface area contributed by atoms with Crippen LogP contribution in [0.3, 0.4) is 0 Å². The van der Waals surface area contributed by atoms with Crippen molar-refractivity contribution in [2.75, 3.05) is 17.2 Å². The van der Waals surface area contributed by atoms with Gasteiger partial charge in [0.2, 0.25) is 0 Å². The Kier molecular flexibility index (Phi) is 4.20. The summed E-state index contributed by atoms with van der Waals surface area (Å²) in [7, 11) is 0. The van der Waals surface area contributed by atoms with E-state index in [9.17, 15) is 14.0 Å². The third-order valence-electron chi connectivity index (χ3n) is 3.78. The number of ketones is 1. The molecule has 1 unspecified atom stereocenters. The fourth-order valence-electron chi connectivity index (χ4n) is 2.73. The Labute approximate surface area is 138 Å². The molecule has 6 heteroatoms. The molecular formula is C18H17FN2O3. The number of hydrogen-bond donors (Lipinski definition) is 1. The number of fused-ring (bicyclic) bond motifs is 1. The highest BCUT2D eigenvalue weighted by Crippen LogP contribution is 2.36. The second-order valence-electron chi connectivity index (χ2n) is 5.79. The van der Waals surface area contributed by atoms with Gasteiger partial charge in [0, 0.05) is 12.1 Å². The first kappa shape index (κ1) is 16.0.